The number of hydrogen-bond donors (Lipinski definition) is 2. The van der Waals surface area contributed by atoms with E-state index in [1.807, 2.05) is 18.2 Å². The third-order valence-electron chi connectivity index (χ3n) is 5.51. The third-order valence-corrected chi connectivity index (χ3v) is 5.51. The lowest BCUT2D eigenvalue weighted by atomic mass is 9.99. The van der Waals surface area contributed by atoms with E-state index in [2.05, 4.69) is 15.5 Å². The SMILES string of the molecule is CNC(=O)c1cc(-c2ccc(C(=O)N(C)Cc3cccc4cn[nH]c34)cc2OC)ccc1F. The van der Waals surface area contributed by atoms with Crippen LogP contribution in [-0.4, -0.2) is 48.1 Å². The number of aromatic amines is 1. The first-order valence-corrected chi connectivity index (χ1v) is 10.3. The number of carbonyl (C=O) groups is 2. The Hall–Kier alpha value is -4.20. The maximum Gasteiger partial charge on any atom is 0.254 e. The number of rotatable bonds is 6. The Morgan fingerprint density at radius 3 is 2.73 bits per heavy atom. The summed E-state index contributed by atoms with van der Waals surface area (Å²) in [5.74, 6) is -0.868. The summed E-state index contributed by atoms with van der Waals surface area (Å²) in [7, 11) is 4.67. The van der Waals surface area contributed by atoms with Crippen LogP contribution in [0.2, 0.25) is 0 Å². The number of hydrogen-bond acceptors (Lipinski definition) is 4. The summed E-state index contributed by atoms with van der Waals surface area (Å²) in [6, 6.07) is 15.2. The summed E-state index contributed by atoms with van der Waals surface area (Å²) < 4.78 is 19.6. The molecule has 4 rings (SSSR count). The number of benzene rings is 3. The second-order valence-corrected chi connectivity index (χ2v) is 7.60. The largest absolute Gasteiger partial charge is 0.496 e. The van der Waals surface area contributed by atoms with Crippen LogP contribution in [0.3, 0.4) is 0 Å². The van der Waals surface area contributed by atoms with Crippen LogP contribution in [0.1, 0.15) is 26.3 Å². The molecule has 0 radical (unpaired) electrons. The molecule has 3 aromatic carbocycles. The Kier molecular flexibility index (Phi) is 6.08. The quantitative estimate of drug-likeness (QED) is 0.469. The molecular formula is C25H23FN4O3. The molecule has 0 atom stereocenters. The van der Waals surface area contributed by atoms with Gasteiger partial charge in [-0.15, -0.1) is 0 Å². The zero-order valence-electron chi connectivity index (χ0n) is 18.5. The molecule has 0 bridgehead atoms. The number of methoxy groups -OCH3 is 1. The Bertz CT molecular complexity index is 1350. The van der Waals surface area contributed by atoms with Crippen LogP contribution in [0.5, 0.6) is 5.75 Å². The lowest BCUT2D eigenvalue weighted by Gasteiger charge is -2.19. The standard InChI is InChI=1S/C25H23FN4O3/c1-27-24(31)20-11-15(8-10-21(20)26)19-9-7-16(12-22(19)33-3)25(32)30(2)14-18-6-4-5-17-13-28-29-23(17)18/h4-13H,14H2,1-3H3,(H,27,31)(H,28,29). The zero-order chi connectivity index (χ0) is 23.5. The minimum atomic E-state index is -0.613. The van der Waals surface area contributed by atoms with E-state index in [4.69, 9.17) is 4.74 Å². The van der Waals surface area contributed by atoms with Crippen LogP contribution < -0.4 is 10.1 Å². The highest BCUT2D eigenvalue weighted by Crippen LogP contribution is 2.32. The second kappa shape index (κ2) is 9.12. The average molecular weight is 446 g/mol. The highest BCUT2D eigenvalue weighted by molar-refractivity contribution is 5.97. The van der Waals surface area contributed by atoms with Crippen molar-refractivity contribution >= 4 is 22.7 Å². The van der Waals surface area contributed by atoms with E-state index in [9.17, 15) is 14.0 Å². The first kappa shape index (κ1) is 22.0. The number of fused-ring (bicyclic) bond motifs is 1. The van der Waals surface area contributed by atoms with Crippen LogP contribution in [0.4, 0.5) is 4.39 Å². The molecule has 33 heavy (non-hydrogen) atoms. The van der Waals surface area contributed by atoms with Gasteiger partial charge in [0.25, 0.3) is 11.8 Å². The number of nitrogens with one attached hydrogen (secondary N) is 2. The van der Waals surface area contributed by atoms with Crippen molar-refractivity contribution in [2.75, 3.05) is 21.2 Å². The van der Waals surface area contributed by atoms with E-state index in [-0.39, 0.29) is 11.5 Å². The van der Waals surface area contributed by atoms with Crippen molar-refractivity contribution in [3.63, 3.8) is 0 Å². The van der Waals surface area contributed by atoms with E-state index in [0.29, 0.717) is 29.0 Å². The summed E-state index contributed by atoms with van der Waals surface area (Å²) in [5, 5.41) is 10.5. The highest BCUT2D eigenvalue weighted by Gasteiger charge is 2.18. The van der Waals surface area contributed by atoms with Gasteiger partial charge in [0, 0.05) is 37.2 Å². The van der Waals surface area contributed by atoms with Gasteiger partial charge < -0.3 is 15.0 Å². The van der Waals surface area contributed by atoms with Crippen LogP contribution in [0, 0.1) is 5.82 Å². The first-order chi connectivity index (χ1) is 15.9. The number of carbonyl (C=O) groups excluding carboxylic acids is 2. The topological polar surface area (TPSA) is 87.3 Å². The van der Waals surface area contributed by atoms with Gasteiger partial charge in [-0.2, -0.15) is 5.10 Å². The van der Waals surface area contributed by atoms with Crippen LogP contribution in [0.25, 0.3) is 22.0 Å². The van der Waals surface area contributed by atoms with Gasteiger partial charge in [0.05, 0.1) is 24.4 Å². The molecule has 0 aliphatic carbocycles. The molecule has 2 N–H and O–H groups in total. The second-order valence-electron chi connectivity index (χ2n) is 7.60. The molecule has 8 heteroatoms. The van der Waals surface area contributed by atoms with Crippen molar-refractivity contribution in [2.24, 2.45) is 0 Å². The molecule has 0 spiro atoms. The molecule has 0 saturated carbocycles. The number of H-pyrrole nitrogens is 1. The van der Waals surface area contributed by atoms with E-state index >= 15 is 0 Å². The van der Waals surface area contributed by atoms with Gasteiger partial charge in [-0.25, -0.2) is 4.39 Å². The van der Waals surface area contributed by atoms with Crippen molar-refractivity contribution < 1.29 is 18.7 Å². The zero-order valence-corrected chi connectivity index (χ0v) is 18.5. The summed E-state index contributed by atoms with van der Waals surface area (Å²) in [6.07, 6.45) is 1.75. The summed E-state index contributed by atoms with van der Waals surface area (Å²) in [4.78, 5) is 26.7. The minimum Gasteiger partial charge on any atom is -0.496 e. The van der Waals surface area contributed by atoms with Crippen molar-refractivity contribution in [3.05, 3.63) is 83.3 Å². The molecular weight excluding hydrogens is 423 g/mol. The van der Waals surface area contributed by atoms with Gasteiger partial charge in [0.15, 0.2) is 0 Å². The lowest BCUT2D eigenvalue weighted by Crippen LogP contribution is -2.26. The molecule has 7 nitrogen and oxygen atoms in total. The molecule has 168 valence electrons. The van der Waals surface area contributed by atoms with Gasteiger partial charge in [-0.05, 0) is 41.5 Å². The van der Waals surface area contributed by atoms with Crippen molar-refractivity contribution in [3.8, 4) is 16.9 Å². The van der Waals surface area contributed by atoms with Crippen molar-refractivity contribution in [1.82, 2.24) is 20.4 Å². The van der Waals surface area contributed by atoms with Gasteiger partial charge in [-0.3, -0.25) is 14.7 Å². The third kappa shape index (κ3) is 4.27. The Balaban J connectivity index is 1.62. The van der Waals surface area contributed by atoms with Crippen LogP contribution >= 0.6 is 0 Å². The molecule has 0 aliphatic heterocycles. The van der Waals surface area contributed by atoms with Gasteiger partial charge in [0.2, 0.25) is 0 Å². The number of aromatic nitrogens is 2. The van der Waals surface area contributed by atoms with Crippen molar-refractivity contribution in [1.29, 1.82) is 0 Å². The lowest BCUT2D eigenvalue weighted by molar-refractivity contribution is 0.0785. The van der Waals surface area contributed by atoms with Gasteiger partial charge >= 0.3 is 0 Å². The van der Waals surface area contributed by atoms with Gasteiger partial charge in [0.1, 0.15) is 11.6 Å². The average Bonchev–Trinajstić information content (AvgIpc) is 3.33. The maximum absolute atomic E-state index is 14.1. The van der Waals surface area contributed by atoms with E-state index in [0.717, 1.165) is 16.5 Å². The molecule has 1 heterocycles. The van der Waals surface area contributed by atoms with Crippen LogP contribution in [-0.2, 0) is 6.54 Å². The smallest absolute Gasteiger partial charge is 0.254 e. The van der Waals surface area contributed by atoms with Crippen LogP contribution in [0.15, 0.2) is 60.8 Å². The summed E-state index contributed by atoms with van der Waals surface area (Å²) >= 11 is 0. The molecule has 2 amide bonds. The number of ether oxygens (including phenoxy) is 1. The molecule has 1 aromatic heterocycles. The summed E-state index contributed by atoms with van der Waals surface area (Å²) in [5.41, 5.74) is 3.48. The van der Waals surface area contributed by atoms with Gasteiger partial charge in [-0.1, -0.05) is 24.3 Å². The number of halogens is 1. The molecule has 4 aromatic rings. The monoisotopic (exact) mass is 446 g/mol. The first-order valence-electron chi connectivity index (χ1n) is 10.3. The number of para-hydroxylation sites is 1. The fourth-order valence-electron chi connectivity index (χ4n) is 3.77. The number of amides is 2. The minimum absolute atomic E-state index is 0.0649. The van der Waals surface area contributed by atoms with E-state index in [1.54, 1.807) is 42.4 Å². The molecule has 0 aliphatic rings. The van der Waals surface area contributed by atoms with E-state index < -0.39 is 11.7 Å². The Morgan fingerprint density at radius 2 is 1.97 bits per heavy atom. The predicted molar refractivity (Wildman–Crippen MR) is 124 cm³/mol. The Labute approximate surface area is 190 Å². The summed E-state index contributed by atoms with van der Waals surface area (Å²) in [6.45, 7) is 0.399. The normalized spacial score (nSPS) is 10.8. The molecule has 0 unspecified atom stereocenters. The Morgan fingerprint density at radius 1 is 1.15 bits per heavy atom. The fraction of sp³-hybridized carbons (Fsp3) is 0.160. The highest BCUT2D eigenvalue weighted by atomic mass is 19.1. The number of nitrogens with zero attached hydrogens (tertiary/aromatic N) is 2. The van der Waals surface area contributed by atoms with Crippen molar-refractivity contribution in [2.45, 2.75) is 6.54 Å². The maximum atomic E-state index is 14.1. The van der Waals surface area contributed by atoms with E-state index in [1.165, 1.54) is 26.3 Å². The molecule has 0 fully saturated rings. The molecule has 0 saturated heterocycles. The fourth-order valence-corrected chi connectivity index (χ4v) is 3.77. The predicted octanol–water partition coefficient (Wildman–Crippen LogP) is 4.01.